The standard InChI is InChI=1S/C17H20N2O2.CH5P/c1-13-5-7-18-15(10-13)16-11-14(6-8-19-16)12-21-17-4-2-3-9-20-17;1-2/h5-8,10-11,17H,2-4,9,12H2,1H3;2H2,1H3. The highest BCUT2D eigenvalue weighted by Gasteiger charge is 2.14. The van der Waals surface area contributed by atoms with Gasteiger partial charge in [-0.25, -0.2) is 0 Å². The molecule has 5 heteroatoms. The van der Waals surface area contributed by atoms with Gasteiger partial charge >= 0.3 is 0 Å². The van der Waals surface area contributed by atoms with E-state index in [4.69, 9.17) is 9.47 Å². The summed E-state index contributed by atoms with van der Waals surface area (Å²) in [5.74, 6) is 0. The summed E-state index contributed by atoms with van der Waals surface area (Å²) in [6, 6.07) is 8.03. The molecule has 1 aliphatic rings. The average molecular weight is 332 g/mol. The van der Waals surface area contributed by atoms with E-state index in [0.29, 0.717) is 6.61 Å². The highest BCUT2D eigenvalue weighted by molar-refractivity contribution is 7.15. The molecular weight excluding hydrogens is 307 g/mol. The van der Waals surface area contributed by atoms with E-state index in [2.05, 4.69) is 26.1 Å². The third-order valence-electron chi connectivity index (χ3n) is 3.58. The van der Waals surface area contributed by atoms with Crippen molar-refractivity contribution in [1.82, 2.24) is 9.97 Å². The first kappa shape index (κ1) is 18.0. The molecule has 0 saturated carbocycles. The summed E-state index contributed by atoms with van der Waals surface area (Å²) in [6.07, 6.45) is 6.85. The molecule has 3 rings (SSSR count). The summed E-state index contributed by atoms with van der Waals surface area (Å²) in [4.78, 5) is 8.77. The zero-order chi connectivity index (χ0) is 16.5. The van der Waals surface area contributed by atoms with Crippen LogP contribution in [0.2, 0.25) is 0 Å². The van der Waals surface area contributed by atoms with Crippen molar-refractivity contribution in [2.24, 2.45) is 0 Å². The molecule has 3 heterocycles. The molecule has 23 heavy (non-hydrogen) atoms. The van der Waals surface area contributed by atoms with E-state index in [1.165, 1.54) is 12.0 Å². The van der Waals surface area contributed by atoms with Crippen LogP contribution in [-0.2, 0) is 16.1 Å². The van der Waals surface area contributed by atoms with Gasteiger partial charge in [-0.15, -0.1) is 9.24 Å². The van der Waals surface area contributed by atoms with E-state index < -0.39 is 0 Å². The van der Waals surface area contributed by atoms with Crippen LogP contribution in [0, 0.1) is 6.92 Å². The Labute approximate surface area is 140 Å². The molecule has 0 N–H and O–H groups in total. The fraction of sp³-hybridized carbons (Fsp3) is 0.444. The number of aryl methyl sites for hydroxylation is 1. The molecule has 0 aliphatic carbocycles. The Morgan fingerprint density at radius 3 is 2.57 bits per heavy atom. The maximum atomic E-state index is 5.81. The second kappa shape index (κ2) is 9.71. The lowest BCUT2D eigenvalue weighted by atomic mass is 10.1. The first-order chi connectivity index (χ1) is 11.3. The summed E-state index contributed by atoms with van der Waals surface area (Å²) < 4.78 is 11.4. The first-order valence-corrected chi connectivity index (χ1v) is 9.15. The van der Waals surface area contributed by atoms with Gasteiger partial charge in [-0.1, -0.05) is 6.66 Å². The quantitative estimate of drug-likeness (QED) is 0.794. The van der Waals surface area contributed by atoms with Gasteiger partial charge in [0, 0.05) is 19.0 Å². The molecule has 124 valence electrons. The molecule has 2 atom stereocenters. The SMILES string of the molecule is CP.Cc1ccnc(-c2cc(COC3CCCCO3)ccn2)c1. The smallest absolute Gasteiger partial charge is 0.158 e. The highest BCUT2D eigenvalue weighted by atomic mass is 31.0. The third kappa shape index (κ3) is 5.65. The molecular formula is C18H25N2O2P. The molecule has 1 aliphatic heterocycles. The van der Waals surface area contributed by atoms with Gasteiger partial charge in [0.05, 0.1) is 18.0 Å². The predicted octanol–water partition coefficient (Wildman–Crippen LogP) is 3.99. The van der Waals surface area contributed by atoms with Crippen molar-refractivity contribution in [1.29, 1.82) is 0 Å². The van der Waals surface area contributed by atoms with Gasteiger partial charge in [-0.3, -0.25) is 9.97 Å². The Morgan fingerprint density at radius 1 is 1.13 bits per heavy atom. The molecule has 0 bridgehead atoms. The van der Waals surface area contributed by atoms with Crippen LogP contribution in [-0.4, -0.2) is 29.5 Å². The van der Waals surface area contributed by atoms with E-state index in [0.717, 1.165) is 36.4 Å². The molecule has 2 unspecified atom stereocenters. The number of ether oxygens (including phenoxy) is 2. The van der Waals surface area contributed by atoms with Crippen LogP contribution in [0.3, 0.4) is 0 Å². The summed E-state index contributed by atoms with van der Waals surface area (Å²) >= 11 is 0. The van der Waals surface area contributed by atoms with E-state index in [-0.39, 0.29) is 6.29 Å². The number of pyridine rings is 2. The Balaban J connectivity index is 0.000000924. The van der Waals surface area contributed by atoms with Gasteiger partial charge in [-0.2, -0.15) is 0 Å². The normalized spacial score (nSPS) is 17.3. The molecule has 2 aromatic rings. The van der Waals surface area contributed by atoms with Gasteiger partial charge in [0.15, 0.2) is 6.29 Å². The fourth-order valence-electron chi connectivity index (χ4n) is 2.41. The zero-order valence-corrected chi connectivity index (χ0v) is 15.0. The van der Waals surface area contributed by atoms with Gasteiger partial charge in [0.2, 0.25) is 0 Å². The van der Waals surface area contributed by atoms with Gasteiger partial charge in [0.25, 0.3) is 0 Å². The molecule has 0 aromatic carbocycles. The van der Waals surface area contributed by atoms with Gasteiger partial charge < -0.3 is 9.47 Å². The zero-order valence-electron chi connectivity index (χ0n) is 13.9. The van der Waals surface area contributed by atoms with Crippen LogP contribution in [0.1, 0.15) is 30.4 Å². The molecule has 4 nitrogen and oxygen atoms in total. The topological polar surface area (TPSA) is 44.2 Å². The van der Waals surface area contributed by atoms with E-state index in [1.807, 2.05) is 37.1 Å². The monoisotopic (exact) mass is 332 g/mol. The van der Waals surface area contributed by atoms with E-state index in [9.17, 15) is 0 Å². The van der Waals surface area contributed by atoms with Crippen LogP contribution < -0.4 is 0 Å². The Bertz CT molecular complexity index is 601. The first-order valence-electron chi connectivity index (χ1n) is 8.00. The van der Waals surface area contributed by atoms with Crippen molar-refractivity contribution >= 4 is 9.24 Å². The van der Waals surface area contributed by atoms with Crippen LogP contribution in [0.25, 0.3) is 11.4 Å². The Kier molecular flexibility index (Phi) is 7.60. The summed E-state index contributed by atoms with van der Waals surface area (Å²) in [5.41, 5.74) is 4.05. The maximum Gasteiger partial charge on any atom is 0.158 e. The number of aromatic nitrogens is 2. The lowest BCUT2D eigenvalue weighted by Gasteiger charge is -2.22. The Hall–Kier alpha value is -1.35. The summed E-state index contributed by atoms with van der Waals surface area (Å²) in [6.45, 7) is 5.32. The minimum Gasteiger partial charge on any atom is -0.353 e. The lowest BCUT2D eigenvalue weighted by Crippen LogP contribution is -2.22. The van der Waals surface area contributed by atoms with Crippen molar-refractivity contribution in [3.63, 3.8) is 0 Å². The van der Waals surface area contributed by atoms with Crippen molar-refractivity contribution < 1.29 is 9.47 Å². The second-order valence-corrected chi connectivity index (χ2v) is 5.37. The van der Waals surface area contributed by atoms with Gasteiger partial charge in [0.1, 0.15) is 0 Å². The van der Waals surface area contributed by atoms with Crippen LogP contribution in [0.15, 0.2) is 36.7 Å². The third-order valence-corrected chi connectivity index (χ3v) is 3.58. The minimum atomic E-state index is -0.0625. The number of hydrogen-bond donors (Lipinski definition) is 0. The molecule has 2 aromatic heterocycles. The van der Waals surface area contributed by atoms with Crippen LogP contribution in [0.5, 0.6) is 0 Å². The summed E-state index contributed by atoms with van der Waals surface area (Å²) in [5, 5.41) is 0. The van der Waals surface area contributed by atoms with Crippen molar-refractivity contribution in [3.8, 4) is 11.4 Å². The molecule has 0 amide bonds. The average Bonchev–Trinajstić information content (AvgIpc) is 2.63. The largest absolute Gasteiger partial charge is 0.353 e. The number of hydrogen-bond acceptors (Lipinski definition) is 4. The molecule has 0 spiro atoms. The van der Waals surface area contributed by atoms with E-state index >= 15 is 0 Å². The second-order valence-electron chi connectivity index (χ2n) is 5.37. The number of nitrogens with zero attached hydrogens (tertiary/aromatic N) is 2. The van der Waals surface area contributed by atoms with E-state index in [1.54, 1.807) is 6.20 Å². The lowest BCUT2D eigenvalue weighted by molar-refractivity contribution is -0.168. The predicted molar refractivity (Wildman–Crippen MR) is 96.2 cm³/mol. The minimum absolute atomic E-state index is 0.0625. The van der Waals surface area contributed by atoms with Crippen LogP contribution in [0.4, 0.5) is 0 Å². The highest BCUT2D eigenvalue weighted by Crippen LogP contribution is 2.19. The van der Waals surface area contributed by atoms with Crippen molar-refractivity contribution in [2.75, 3.05) is 13.3 Å². The Morgan fingerprint density at radius 2 is 1.87 bits per heavy atom. The molecule has 1 saturated heterocycles. The maximum absolute atomic E-state index is 5.81. The molecule has 0 radical (unpaired) electrons. The van der Waals surface area contributed by atoms with Gasteiger partial charge in [-0.05, 0) is 61.6 Å². The number of rotatable bonds is 4. The van der Waals surface area contributed by atoms with Crippen molar-refractivity contribution in [3.05, 3.63) is 47.8 Å². The molecule has 1 fully saturated rings. The summed E-state index contributed by atoms with van der Waals surface area (Å²) in [7, 11) is 2.42. The fourth-order valence-corrected chi connectivity index (χ4v) is 2.41. The van der Waals surface area contributed by atoms with Crippen LogP contribution >= 0.6 is 9.24 Å². The van der Waals surface area contributed by atoms with Crippen molar-refractivity contribution in [2.45, 2.75) is 39.1 Å².